The van der Waals surface area contributed by atoms with Crippen LogP contribution >= 0.6 is 0 Å². The molecule has 18 heavy (non-hydrogen) atoms. The van der Waals surface area contributed by atoms with Crippen LogP contribution in [0.3, 0.4) is 0 Å². The van der Waals surface area contributed by atoms with Crippen molar-refractivity contribution in [3.05, 3.63) is 36.0 Å². The minimum absolute atomic E-state index is 0.104. The van der Waals surface area contributed by atoms with Gasteiger partial charge in [0, 0.05) is 22.5 Å². The van der Waals surface area contributed by atoms with Crippen LogP contribution in [0.4, 0.5) is 0 Å². The van der Waals surface area contributed by atoms with Gasteiger partial charge in [0.25, 0.3) is 0 Å². The average molecular weight is 244 g/mol. The van der Waals surface area contributed by atoms with Gasteiger partial charge in [0.2, 0.25) is 0 Å². The van der Waals surface area contributed by atoms with Crippen LogP contribution in [0.15, 0.2) is 30.5 Å². The minimum atomic E-state index is -0.441. The molecule has 0 saturated heterocycles. The molecule has 1 aromatic carbocycles. The molecule has 1 unspecified atom stereocenters. The number of benzene rings is 1. The van der Waals surface area contributed by atoms with Gasteiger partial charge < -0.3 is 10.7 Å². The van der Waals surface area contributed by atoms with Crippen LogP contribution in [-0.2, 0) is 11.2 Å². The first-order valence-corrected chi connectivity index (χ1v) is 6.24. The monoisotopic (exact) mass is 244 g/mol. The van der Waals surface area contributed by atoms with Gasteiger partial charge in [-0.2, -0.15) is 0 Å². The lowest BCUT2D eigenvalue weighted by molar-refractivity contribution is -0.127. The normalized spacial score (nSPS) is 13.8. The summed E-state index contributed by atoms with van der Waals surface area (Å²) in [6.45, 7) is 5.72. The number of fused-ring (bicyclic) bond motifs is 1. The fourth-order valence-electron chi connectivity index (χ4n) is 2.19. The van der Waals surface area contributed by atoms with Crippen molar-refractivity contribution in [1.82, 2.24) is 4.98 Å². The first-order valence-electron chi connectivity index (χ1n) is 6.24. The number of para-hydroxylation sites is 1. The van der Waals surface area contributed by atoms with Crippen LogP contribution in [0.5, 0.6) is 0 Å². The highest BCUT2D eigenvalue weighted by atomic mass is 16.1. The number of aromatic nitrogens is 1. The minimum Gasteiger partial charge on any atom is -0.361 e. The summed E-state index contributed by atoms with van der Waals surface area (Å²) in [6, 6.07) is 7.62. The van der Waals surface area contributed by atoms with E-state index in [4.69, 9.17) is 5.73 Å². The molecule has 3 N–H and O–H groups in total. The van der Waals surface area contributed by atoms with Crippen LogP contribution in [0, 0.1) is 5.41 Å². The Kier molecular flexibility index (Phi) is 3.26. The van der Waals surface area contributed by atoms with Gasteiger partial charge in [0.1, 0.15) is 0 Å². The van der Waals surface area contributed by atoms with Crippen molar-refractivity contribution in [3.63, 3.8) is 0 Å². The molecule has 2 aromatic rings. The lowest BCUT2D eigenvalue weighted by Gasteiger charge is -2.21. The number of hydrogen-bond donors (Lipinski definition) is 2. The van der Waals surface area contributed by atoms with Gasteiger partial charge >= 0.3 is 0 Å². The number of nitrogens with one attached hydrogen (secondary N) is 1. The van der Waals surface area contributed by atoms with Crippen LogP contribution in [0.2, 0.25) is 0 Å². The number of carbonyl (C=O) groups excluding carboxylic acids is 1. The Labute approximate surface area is 107 Å². The van der Waals surface area contributed by atoms with Crippen LogP contribution in [0.25, 0.3) is 10.9 Å². The van der Waals surface area contributed by atoms with Crippen LogP contribution in [-0.4, -0.2) is 16.8 Å². The Balaban J connectivity index is 2.22. The molecule has 0 saturated carbocycles. The van der Waals surface area contributed by atoms with Crippen molar-refractivity contribution < 1.29 is 4.79 Å². The molecule has 0 radical (unpaired) electrons. The van der Waals surface area contributed by atoms with Gasteiger partial charge in [-0.05, 0) is 18.1 Å². The number of H-pyrrole nitrogens is 1. The third-order valence-corrected chi connectivity index (χ3v) is 3.19. The van der Waals surface area contributed by atoms with Gasteiger partial charge in [-0.1, -0.05) is 39.0 Å². The average Bonchev–Trinajstić information content (AvgIpc) is 2.70. The molecule has 0 fully saturated rings. The fraction of sp³-hybridized carbons (Fsp3) is 0.400. The lowest BCUT2D eigenvalue weighted by Crippen LogP contribution is -2.40. The summed E-state index contributed by atoms with van der Waals surface area (Å²) in [5.74, 6) is 0.104. The summed E-state index contributed by atoms with van der Waals surface area (Å²) in [7, 11) is 0. The topological polar surface area (TPSA) is 58.9 Å². The molecule has 0 spiro atoms. The number of rotatable bonds is 3. The molecular weight excluding hydrogens is 224 g/mol. The second-order valence-electron chi connectivity index (χ2n) is 5.78. The number of carbonyl (C=O) groups is 1. The molecule has 1 atom stereocenters. The van der Waals surface area contributed by atoms with Crippen molar-refractivity contribution in [1.29, 1.82) is 0 Å². The number of aromatic amines is 1. The second-order valence-corrected chi connectivity index (χ2v) is 5.78. The molecule has 0 aliphatic carbocycles. The molecule has 1 aromatic heterocycles. The first-order chi connectivity index (χ1) is 8.39. The quantitative estimate of drug-likeness (QED) is 0.872. The third-order valence-electron chi connectivity index (χ3n) is 3.19. The molecule has 0 aliphatic heterocycles. The fourth-order valence-corrected chi connectivity index (χ4v) is 2.19. The molecule has 3 nitrogen and oxygen atoms in total. The van der Waals surface area contributed by atoms with Gasteiger partial charge in [0.05, 0.1) is 6.04 Å². The van der Waals surface area contributed by atoms with Gasteiger partial charge in [-0.3, -0.25) is 4.79 Å². The SMILES string of the molecule is CC(C)(C)C(=O)C(N)Cc1c[nH]c2ccccc12. The Morgan fingerprint density at radius 3 is 2.67 bits per heavy atom. The number of Topliss-reactive ketones (excluding diaryl/α,β-unsaturated/α-hetero) is 1. The van der Waals surface area contributed by atoms with Gasteiger partial charge in [-0.15, -0.1) is 0 Å². The Bertz CT molecular complexity index is 563. The zero-order valence-electron chi connectivity index (χ0n) is 11.2. The summed E-state index contributed by atoms with van der Waals surface area (Å²) in [6.07, 6.45) is 2.53. The summed E-state index contributed by atoms with van der Waals surface area (Å²) in [4.78, 5) is 15.3. The molecule has 0 amide bonds. The summed E-state index contributed by atoms with van der Waals surface area (Å²) < 4.78 is 0. The molecule has 2 rings (SSSR count). The van der Waals surface area contributed by atoms with Crippen molar-refractivity contribution in [2.75, 3.05) is 0 Å². The highest BCUT2D eigenvalue weighted by molar-refractivity contribution is 5.90. The van der Waals surface area contributed by atoms with E-state index in [9.17, 15) is 4.79 Å². The third kappa shape index (κ3) is 2.46. The molecular formula is C15H20N2O. The van der Waals surface area contributed by atoms with E-state index in [1.165, 1.54) is 0 Å². The summed E-state index contributed by atoms with van der Waals surface area (Å²) >= 11 is 0. The summed E-state index contributed by atoms with van der Waals surface area (Å²) in [5, 5.41) is 1.15. The van der Waals surface area contributed by atoms with E-state index in [-0.39, 0.29) is 11.2 Å². The van der Waals surface area contributed by atoms with E-state index in [0.29, 0.717) is 6.42 Å². The predicted octanol–water partition coefficient (Wildman–Crippen LogP) is 2.65. The van der Waals surface area contributed by atoms with Crippen molar-refractivity contribution in [2.45, 2.75) is 33.2 Å². The Morgan fingerprint density at radius 2 is 2.00 bits per heavy atom. The van der Waals surface area contributed by atoms with E-state index in [0.717, 1.165) is 16.5 Å². The van der Waals surface area contributed by atoms with E-state index in [1.807, 2.05) is 45.2 Å². The standard InChI is InChI=1S/C15H20N2O/c1-15(2,3)14(18)12(16)8-10-9-17-13-7-5-4-6-11(10)13/h4-7,9,12,17H,8,16H2,1-3H3. The smallest absolute Gasteiger partial charge is 0.155 e. The van der Waals surface area contributed by atoms with Crippen molar-refractivity contribution >= 4 is 16.7 Å². The van der Waals surface area contributed by atoms with Gasteiger partial charge in [0.15, 0.2) is 5.78 Å². The maximum Gasteiger partial charge on any atom is 0.155 e. The Morgan fingerprint density at radius 1 is 1.33 bits per heavy atom. The largest absolute Gasteiger partial charge is 0.361 e. The number of ketones is 1. The van der Waals surface area contributed by atoms with Gasteiger partial charge in [-0.25, -0.2) is 0 Å². The predicted molar refractivity (Wildman–Crippen MR) is 74.4 cm³/mol. The van der Waals surface area contributed by atoms with Crippen molar-refractivity contribution in [3.8, 4) is 0 Å². The van der Waals surface area contributed by atoms with E-state index >= 15 is 0 Å². The number of hydrogen-bond acceptors (Lipinski definition) is 2. The van der Waals surface area contributed by atoms with E-state index in [1.54, 1.807) is 0 Å². The summed E-state index contributed by atoms with van der Waals surface area (Å²) in [5.41, 5.74) is 7.83. The van der Waals surface area contributed by atoms with Crippen LogP contribution in [0.1, 0.15) is 26.3 Å². The maximum atomic E-state index is 12.1. The highest BCUT2D eigenvalue weighted by Crippen LogP contribution is 2.22. The number of nitrogens with two attached hydrogens (primary N) is 1. The van der Waals surface area contributed by atoms with E-state index < -0.39 is 6.04 Å². The molecule has 3 heteroatoms. The van der Waals surface area contributed by atoms with E-state index in [2.05, 4.69) is 11.1 Å². The molecule has 96 valence electrons. The molecule has 0 aliphatic rings. The molecule has 1 heterocycles. The van der Waals surface area contributed by atoms with Crippen molar-refractivity contribution in [2.24, 2.45) is 11.1 Å². The second kappa shape index (κ2) is 4.58. The Hall–Kier alpha value is -1.61. The molecule has 0 bridgehead atoms. The van der Waals surface area contributed by atoms with Crippen LogP contribution < -0.4 is 5.73 Å². The lowest BCUT2D eigenvalue weighted by atomic mass is 9.84. The zero-order valence-corrected chi connectivity index (χ0v) is 11.2. The highest BCUT2D eigenvalue weighted by Gasteiger charge is 2.27. The zero-order chi connectivity index (χ0) is 13.3. The first kappa shape index (κ1) is 12.8. The maximum absolute atomic E-state index is 12.1.